The minimum Gasteiger partial charge on any atom is -0.462 e. The molecule has 0 aromatic rings. The van der Waals surface area contributed by atoms with Crippen molar-refractivity contribution in [1.29, 1.82) is 0 Å². The summed E-state index contributed by atoms with van der Waals surface area (Å²) in [6.45, 7) is 6.13. The van der Waals surface area contributed by atoms with Gasteiger partial charge in [0, 0.05) is 19.3 Å². The minimum atomic E-state index is -0.869. The Balaban J connectivity index is 4.70. The van der Waals surface area contributed by atoms with Crippen molar-refractivity contribution in [3.63, 3.8) is 0 Å². The van der Waals surface area contributed by atoms with Crippen LogP contribution in [0.25, 0.3) is 0 Å². The number of hydrogen-bond donors (Lipinski definition) is 0. The van der Waals surface area contributed by atoms with Crippen LogP contribution in [0.2, 0.25) is 0 Å². The number of unbranched alkanes of at least 4 members (excludes halogenated alkanes) is 6. The summed E-state index contributed by atoms with van der Waals surface area (Å²) in [6.07, 6.45) is 81.8. The van der Waals surface area contributed by atoms with Crippen LogP contribution in [0.3, 0.4) is 0 Å². The van der Waals surface area contributed by atoms with Gasteiger partial charge in [-0.25, -0.2) is 0 Å². The van der Waals surface area contributed by atoms with Gasteiger partial charge in [0.25, 0.3) is 0 Å². The molecule has 6 nitrogen and oxygen atoms in total. The molecule has 0 spiro atoms. The molecule has 0 N–H and O–H groups in total. The lowest BCUT2D eigenvalue weighted by molar-refractivity contribution is -0.166. The van der Waals surface area contributed by atoms with Gasteiger partial charge < -0.3 is 14.2 Å². The molecule has 0 heterocycles. The minimum absolute atomic E-state index is 0.155. The molecule has 374 valence electrons. The van der Waals surface area contributed by atoms with Gasteiger partial charge in [0.05, 0.1) is 0 Å². The van der Waals surface area contributed by atoms with Crippen LogP contribution in [0.5, 0.6) is 0 Å². The fraction of sp³-hybridized carbons (Fsp3) is 0.468. The lowest BCUT2D eigenvalue weighted by Crippen LogP contribution is -2.30. The Morgan fingerprint density at radius 3 is 1.09 bits per heavy atom. The molecule has 0 aromatic heterocycles. The quantitative estimate of drug-likeness (QED) is 0.0199. The van der Waals surface area contributed by atoms with E-state index in [2.05, 4.69) is 142 Å². The molecular formula is C62H90O6. The van der Waals surface area contributed by atoms with Crippen molar-refractivity contribution in [1.82, 2.24) is 0 Å². The van der Waals surface area contributed by atoms with Crippen molar-refractivity contribution < 1.29 is 28.6 Å². The van der Waals surface area contributed by atoms with Gasteiger partial charge in [0.2, 0.25) is 0 Å². The Morgan fingerprint density at radius 1 is 0.324 bits per heavy atom. The smallest absolute Gasteiger partial charge is 0.306 e. The molecule has 0 aliphatic carbocycles. The van der Waals surface area contributed by atoms with E-state index in [0.29, 0.717) is 19.3 Å². The standard InChI is InChI=1S/C62H90O6/c1-4-7-10-13-16-19-22-25-28-31-32-35-37-40-43-46-49-52-55-61(64)67-58-59(68-62(65)56-53-50-47-44-41-38-34-30-27-24-21-18-15-12-9-6-3)57-66-60(63)54-51-48-45-42-39-36-33-29-26-23-20-17-14-11-8-5-2/h8-13,16-22,25-32,35-36,38-39,41,45,47-48,50,59H,4-7,14-15,23-24,33-34,37,40,42-44,46,49,51-58H2,1-3H3/b11-8-,12-9-,13-10-,19-16-,20-17-,21-18-,25-22-,29-26-,30-27-,31-28-,35-32-,39-36-,41-38-,48-45-,50-47-. The number of carbonyl (C=O) groups is 3. The number of carbonyl (C=O) groups excluding carboxylic acids is 3. The maximum atomic E-state index is 12.8. The van der Waals surface area contributed by atoms with E-state index in [1.54, 1.807) is 0 Å². The summed E-state index contributed by atoms with van der Waals surface area (Å²) >= 11 is 0. The molecule has 0 bridgehead atoms. The van der Waals surface area contributed by atoms with Crippen LogP contribution in [0.4, 0.5) is 0 Å². The van der Waals surface area contributed by atoms with Gasteiger partial charge >= 0.3 is 17.9 Å². The van der Waals surface area contributed by atoms with Crippen LogP contribution in [0, 0.1) is 0 Å². The van der Waals surface area contributed by atoms with Crippen LogP contribution in [-0.2, 0) is 28.6 Å². The molecule has 0 rings (SSSR count). The first kappa shape index (κ1) is 62.5. The largest absolute Gasteiger partial charge is 0.462 e. The van der Waals surface area contributed by atoms with Crippen molar-refractivity contribution >= 4 is 17.9 Å². The van der Waals surface area contributed by atoms with Crippen molar-refractivity contribution in [3.8, 4) is 0 Å². The fourth-order valence-corrected chi connectivity index (χ4v) is 5.98. The summed E-state index contributed by atoms with van der Waals surface area (Å²) in [6, 6.07) is 0. The third-order valence-electron chi connectivity index (χ3n) is 9.76. The van der Waals surface area contributed by atoms with E-state index in [1.165, 1.54) is 6.42 Å². The number of allylic oxidation sites excluding steroid dienone is 30. The van der Waals surface area contributed by atoms with Crippen LogP contribution in [-0.4, -0.2) is 37.2 Å². The Labute approximate surface area is 414 Å². The Bertz CT molecular complexity index is 1680. The van der Waals surface area contributed by atoms with E-state index in [1.807, 2.05) is 60.8 Å². The third kappa shape index (κ3) is 51.5. The first-order valence-corrected chi connectivity index (χ1v) is 25.9. The Kier molecular flexibility index (Phi) is 49.7. The van der Waals surface area contributed by atoms with Gasteiger partial charge in [0.15, 0.2) is 6.10 Å². The topological polar surface area (TPSA) is 78.9 Å². The van der Waals surface area contributed by atoms with Gasteiger partial charge in [-0.05, 0) is 103 Å². The second-order valence-corrected chi connectivity index (χ2v) is 16.1. The van der Waals surface area contributed by atoms with Crippen molar-refractivity contribution in [2.45, 2.75) is 175 Å². The lowest BCUT2D eigenvalue weighted by atomic mass is 10.1. The van der Waals surface area contributed by atoms with Gasteiger partial charge in [0.1, 0.15) is 13.2 Å². The molecule has 0 aromatic carbocycles. The predicted octanol–water partition coefficient (Wildman–Crippen LogP) is 17.4. The average molecular weight is 931 g/mol. The summed E-state index contributed by atoms with van der Waals surface area (Å²) in [5.41, 5.74) is 0. The molecule has 0 saturated heterocycles. The summed E-state index contributed by atoms with van der Waals surface area (Å²) in [5, 5.41) is 0. The average Bonchev–Trinajstić information content (AvgIpc) is 3.34. The van der Waals surface area contributed by atoms with E-state index in [0.717, 1.165) is 109 Å². The van der Waals surface area contributed by atoms with E-state index in [4.69, 9.17) is 14.2 Å². The van der Waals surface area contributed by atoms with Crippen LogP contribution < -0.4 is 0 Å². The van der Waals surface area contributed by atoms with Crippen molar-refractivity contribution in [2.75, 3.05) is 13.2 Å². The molecule has 0 fully saturated rings. The number of ether oxygens (including phenoxy) is 3. The summed E-state index contributed by atoms with van der Waals surface area (Å²) < 4.78 is 16.6. The number of esters is 3. The van der Waals surface area contributed by atoms with Crippen LogP contribution >= 0.6 is 0 Å². The summed E-state index contributed by atoms with van der Waals surface area (Å²) in [4.78, 5) is 38.0. The second-order valence-electron chi connectivity index (χ2n) is 16.1. The first-order valence-electron chi connectivity index (χ1n) is 25.9. The molecule has 0 radical (unpaired) electrons. The monoisotopic (exact) mass is 931 g/mol. The maximum absolute atomic E-state index is 12.8. The van der Waals surface area contributed by atoms with Crippen molar-refractivity contribution in [3.05, 3.63) is 182 Å². The van der Waals surface area contributed by atoms with Gasteiger partial charge in [-0.2, -0.15) is 0 Å². The van der Waals surface area contributed by atoms with Crippen molar-refractivity contribution in [2.24, 2.45) is 0 Å². The van der Waals surface area contributed by atoms with E-state index in [9.17, 15) is 14.4 Å². The van der Waals surface area contributed by atoms with E-state index >= 15 is 0 Å². The molecule has 0 aliphatic heterocycles. The summed E-state index contributed by atoms with van der Waals surface area (Å²) in [5.74, 6) is -1.17. The number of rotatable bonds is 43. The number of hydrogen-bond acceptors (Lipinski definition) is 6. The third-order valence-corrected chi connectivity index (χ3v) is 9.76. The van der Waals surface area contributed by atoms with Gasteiger partial charge in [-0.15, -0.1) is 0 Å². The SMILES string of the molecule is CC/C=C\C/C=C\C/C=C\C/C=C\C/C=C\CCC(=O)OCC(COC(=O)CCCCCCC\C=C/C=C\C=C/C=C\C=C/CCC)OC(=O)CC/C=C\C/C=C\C/C=C\C/C=C\C/C=C\CC. The molecule has 1 atom stereocenters. The molecule has 6 heteroatoms. The zero-order valence-electron chi connectivity index (χ0n) is 42.5. The van der Waals surface area contributed by atoms with Crippen LogP contribution in [0.15, 0.2) is 182 Å². The highest BCUT2D eigenvalue weighted by Crippen LogP contribution is 2.10. The highest BCUT2D eigenvalue weighted by atomic mass is 16.6. The van der Waals surface area contributed by atoms with Gasteiger partial charge in [-0.1, -0.05) is 229 Å². The lowest BCUT2D eigenvalue weighted by Gasteiger charge is -2.18. The molecule has 0 aliphatic rings. The zero-order chi connectivity index (χ0) is 49.3. The van der Waals surface area contributed by atoms with E-state index < -0.39 is 18.0 Å². The highest BCUT2D eigenvalue weighted by Gasteiger charge is 2.19. The van der Waals surface area contributed by atoms with E-state index in [-0.39, 0.29) is 32.0 Å². The fourth-order valence-electron chi connectivity index (χ4n) is 5.98. The second kappa shape index (κ2) is 54.1. The summed E-state index contributed by atoms with van der Waals surface area (Å²) in [7, 11) is 0. The highest BCUT2D eigenvalue weighted by molar-refractivity contribution is 5.71. The molecule has 0 saturated carbocycles. The Morgan fingerprint density at radius 2 is 0.662 bits per heavy atom. The normalized spacial score (nSPS) is 13.6. The first-order chi connectivity index (χ1) is 33.5. The van der Waals surface area contributed by atoms with Crippen LogP contribution in [0.1, 0.15) is 168 Å². The zero-order valence-corrected chi connectivity index (χ0v) is 42.5. The molecule has 1 unspecified atom stereocenters. The maximum Gasteiger partial charge on any atom is 0.306 e. The Hall–Kier alpha value is -5.49. The molecule has 0 amide bonds. The molecule has 68 heavy (non-hydrogen) atoms. The van der Waals surface area contributed by atoms with Gasteiger partial charge in [-0.3, -0.25) is 14.4 Å². The predicted molar refractivity (Wildman–Crippen MR) is 292 cm³/mol. The molecular weight excluding hydrogens is 841 g/mol.